The van der Waals surface area contributed by atoms with Gasteiger partial charge in [0.1, 0.15) is 5.69 Å². The number of fused-ring (bicyclic) bond motifs is 1. The van der Waals surface area contributed by atoms with E-state index in [0.29, 0.717) is 41.2 Å². The number of nitrogens with two attached hydrogens (primary N) is 1. The molecule has 4 aromatic rings. The molecule has 0 aliphatic rings. The Kier molecular flexibility index (Phi) is 5.38. The van der Waals surface area contributed by atoms with E-state index in [1.54, 1.807) is 31.0 Å². The zero-order valence-corrected chi connectivity index (χ0v) is 17.0. The van der Waals surface area contributed by atoms with Crippen molar-refractivity contribution in [2.45, 2.75) is 12.6 Å². The van der Waals surface area contributed by atoms with Crippen LogP contribution in [0, 0.1) is 0 Å². The maximum absolute atomic E-state index is 12.8. The minimum atomic E-state index is -4.74. The van der Waals surface area contributed by atoms with Crippen molar-refractivity contribution in [3.63, 3.8) is 0 Å². The molecule has 0 aliphatic heterocycles. The van der Waals surface area contributed by atoms with E-state index in [-0.39, 0.29) is 11.4 Å². The SMILES string of the molecule is COCCc1c(C(N)=O)n(C)c2cnc(-c3cc(-c4noc(C(F)(F)F)n4)ccn3)cc12. The van der Waals surface area contributed by atoms with Gasteiger partial charge in [-0.05, 0) is 30.2 Å². The van der Waals surface area contributed by atoms with E-state index in [2.05, 4.69) is 24.6 Å². The highest BCUT2D eigenvalue weighted by Gasteiger charge is 2.38. The summed E-state index contributed by atoms with van der Waals surface area (Å²) in [5, 5.41) is 4.14. The molecule has 32 heavy (non-hydrogen) atoms. The van der Waals surface area contributed by atoms with Crippen molar-refractivity contribution in [2.24, 2.45) is 12.8 Å². The van der Waals surface area contributed by atoms with Crippen LogP contribution in [0.5, 0.6) is 0 Å². The standard InChI is InChI=1S/C20H17F3N6O3/c1-29-15-9-26-14(8-12(15)11(4-6-31-2)16(29)17(24)30)13-7-10(3-5-25-13)18-27-19(32-28-18)20(21,22)23/h3,5,7-9H,4,6H2,1-2H3,(H2,24,30). The third-order valence-corrected chi connectivity index (χ3v) is 4.93. The first-order valence-electron chi connectivity index (χ1n) is 9.34. The van der Waals surface area contributed by atoms with Gasteiger partial charge >= 0.3 is 12.1 Å². The molecule has 4 rings (SSSR count). The summed E-state index contributed by atoms with van der Waals surface area (Å²) in [6, 6.07) is 4.72. The molecule has 0 bridgehead atoms. The Morgan fingerprint density at radius 1 is 1.25 bits per heavy atom. The Morgan fingerprint density at radius 3 is 2.66 bits per heavy atom. The van der Waals surface area contributed by atoms with E-state index in [1.807, 2.05) is 0 Å². The lowest BCUT2D eigenvalue weighted by Crippen LogP contribution is -2.17. The molecule has 1 amide bonds. The van der Waals surface area contributed by atoms with Crippen LogP contribution in [-0.4, -0.2) is 44.3 Å². The number of hydrogen-bond acceptors (Lipinski definition) is 7. The molecule has 9 nitrogen and oxygen atoms in total. The largest absolute Gasteiger partial charge is 0.471 e. The molecule has 0 saturated carbocycles. The molecule has 4 heterocycles. The molecule has 0 unspecified atom stereocenters. The number of methoxy groups -OCH3 is 1. The monoisotopic (exact) mass is 446 g/mol. The van der Waals surface area contributed by atoms with Gasteiger partial charge in [-0.25, -0.2) is 0 Å². The average Bonchev–Trinajstić information content (AvgIpc) is 3.36. The maximum Gasteiger partial charge on any atom is 0.471 e. The second kappa shape index (κ2) is 8.04. The van der Waals surface area contributed by atoms with Crippen LogP contribution in [0.4, 0.5) is 13.2 Å². The molecule has 0 aliphatic carbocycles. The third-order valence-electron chi connectivity index (χ3n) is 4.93. The van der Waals surface area contributed by atoms with Crippen molar-refractivity contribution in [2.75, 3.05) is 13.7 Å². The van der Waals surface area contributed by atoms with Crippen LogP contribution < -0.4 is 5.73 Å². The molecule has 4 aromatic heterocycles. The quantitative estimate of drug-likeness (QED) is 0.483. The summed E-state index contributed by atoms with van der Waals surface area (Å²) in [6.07, 6.45) is -1.30. The number of pyridine rings is 2. The Bertz CT molecular complexity index is 1310. The molecule has 0 atom stereocenters. The Labute approximate surface area is 179 Å². The fourth-order valence-corrected chi connectivity index (χ4v) is 3.48. The second-order valence-corrected chi connectivity index (χ2v) is 6.93. The summed E-state index contributed by atoms with van der Waals surface area (Å²) in [7, 11) is 3.27. The average molecular weight is 446 g/mol. The summed E-state index contributed by atoms with van der Waals surface area (Å²) < 4.78 is 49.4. The van der Waals surface area contributed by atoms with Gasteiger partial charge in [0.2, 0.25) is 5.82 Å². The maximum atomic E-state index is 12.8. The number of alkyl halides is 3. The van der Waals surface area contributed by atoms with Crippen LogP contribution in [0.3, 0.4) is 0 Å². The van der Waals surface area contributed by atoms with Gasteiger partial charge in [0, 0.05) is 31.3 Å². The minimum Gasteiger partial charge on any atom is -0.384 e. The van der Waals surface area contributed by atoms with Crippen LogP contribution in [0.15, 0.2) is 35.1 Å². The number of primary amides is 1. The molecule has 0 spiro atoms. The van der Waals surface area contributed by atoms with Gasteiger partial charge in [0.05, 0.1) is 29.7 Å². The van der Waals surface area contributed by atoms with Crippen molar-refractivity contribution in [1.82, 2.24) is 24.7 Å². The number of carbonyl (C=O) groups is 1. The van der Waals surface area contributed by atoms with Gasteiger partial charge < -0.3 is 19.6 Å². The van der Waals surface area contributed by atoms with Crippen molar-refractivity contribution in [1.29, 1.82) is 0 Å². The van der Waals surface area contributed by atoms with E-state index in [9.17, 15) is 18.0 Å². The molecule has 0 radical (unpaired) electrons. The molecule has 0 fully saturated rings. The first kappa shape index (κ1) is 21.4. The third kappa shape index (κ3) is 3.80. The second-order valence-electron chi connectivity index (χ2n) is 6.93. The van der Waals surface area contributed by atoms with Gasteiger partial charge in [-0.3, -0.25) is 14.8 Å². The lowest BCUT2D eigenvalue weighted by Gasteiger charge is -2.04. The van der Waals surface area contributed by atoms with E-state index >= 15 is 0 Å². The van der Waals surface area contributed by atoms with Crippen molar-refractivity contribution >= 4 is 16.8 Å². The highest BCUT2D eigenvalue weighted by molar-refractivity contribution is 6.01. The number of amides is 1. The first-order valence-corrected chi connectivity index (χ1v) is 9.34. The molecular formula is C20H17F3N6O3. The van der Waals surface area contributed by atoms with Crippen LogP contribution >= 0.6 is 0 Å². The molecule has 12 heteroatoms. The molecule has 0 aromatic carbocycles. The Balaban J connectivity index is 1.80. The number of ether oxygens (including phenoxy) is 1. The molecular weight excluding hydrogens is 429 g/mol. The van der Waals surface area contributed by atoms with Gasteiger partial charge in [-0.2, -0.15) is 18.2 Å². The number of hydrogen-bond donors (Lipinski definition) is 1. The van der Waals surface area contributed by atoms with Gasteiger partial charge in [0.15, 0.2) is 0 Å². The summed E-state index contributed by atoms with van der Waals surface area (Å²) in [4.78, 5) is 24.1. The highest BCUT2D eigenvalue weighted by atomic mass is 19.4. The van der Waals surface area contributed by atoms with Gasteiger partial charge in [0.25, 0.3) is 5.91 Å². The number of halogens is 3. The Hall–Kier alpha value is -3.80. The summed E-state index contributed by atoms with van der Waals surface area (Å²) >= 11 is 0. The van der Waals surface area contributed by atoms with Crippen LogP contribution in [0.1, 0.15) is 21.9 Å². The van der Waals surface area contributed by atoms with Crippen molar-refractivity contribution < 1.29 is 27.2 Å². The zero-order chi connectivity index (χ0) is 23.0. The fourth-order valence-electron chi connectivity index (χ4n) is 3.48. The predicted molar refractivity (Wildman–Crippen MR) is 106 cm³/mol. The van der Waals surface area contributed by atoms with Gasteiger partial charge in [-0.1, -0.05) is 5.16 Å². The zero-order valence-electron chi connectivity index (χ0n) is 17.0. The molecule has 166 valence electrons. The molecule has 0 saturated heterocycles. The summed E-state index contributed by atoms with van der Waals surface area (Å²) in [6.45, 7) is 0.379. The van der Waals surface area contributed by atoms with Gasteiger partial charge in [-0.15, -0.1) is 0 Å². The lowest BCUT2D eigenvalue weighted by molar-refractivity contribution is -0.159. The van der Waals surface area contributed by atoms with Crippen LogP contribution in [0.25, 0.3) is 33.7 Å². The fraction of sp³-hybridized carbons (Fsp3) is 0.250. The number of nitrogens with zero attached hydrogens (tertiary/aromatic N) is 5. The smallest absolute Gasteiger partial charge is 0.384 e. The number of rotatable bonds is 6. The summed E-state index contributed by atoms with van der Waals surface area (Å²) in [5.41, 5.74) is 8.44. The lowest BCUT2D eigenvalue weighted by atomic mass is 10.1. The minimum absolute atomic E-state index is 0.224. The van der Waals surface area contributed by atoms with E-state index in [1.165, 1.54) is 18.3 Å². The predicted octanol–water partition coefficient (Wildman–Crippen LogP) is 2.99. The number of aryl methyl sites for hydroxylation is 1. The van der Waals surface area contributed by atoms with Crippen LogP contribution in [-0.2, 0) is 24.4 Å². The van der Waals surface area contributed by atoms with E-state index < -0.39 is 18.0 Å². The number of aromatic nitrogens is 5. The topological polar surface area (TPSA) is 122 Å². The van der Waals surface area contributed by atoms with E-state index in [0.717, 1.165) is 5.39 Å². The highest BCUT2D eigenvalue weighted by Crippen LogP contribution is 2.31. The normalized spacial score (nSPS) is 11.9. The number of carbonyl (C=O) groups excluding carboxylic acids is 1. The van der Waals surface area contributed by atoms with Crippen LogP contribution in [0.2, 0.25) is 0 Å². The Morgan fingerprint density at radius 2 is 2.00 bits per heavy atom. The summed E-state index contributed by atoms with van der Waals surface area (Å²) in [5.74, 6) is -2.23. The first-order chi connectivity index (χ1) is 15.2. The van der Waals surface area contributed by atoms with Crippen molar-refractivity contribution in [3.05, 3.63) is 47.7 Å². The van der Waals surface area contributed by atoms with E-state index in [4.69, 9.17) is 10.5 Å². The van der Waals surface area contributed by atoms with Crippen molar-refractivity contribution in [3.8, 4) is 22.8 Å². The molecule has 2 N–H and O–H groups in total.